The molecule has 2 aliphatic heterocycles. The van der Waals surface area contributed by atoms with Crippen molar-refractivity contribution in [3.63, 3.8) is 0 Å². The number of aromatic amines is 1. The molecule has 2 atom stereocenters. The summed E-state index contributed by atoms with van der Waals surface area (Å²) in [5.74, 6) is 0. The number of fused-ring (bicyclic) bond motifs is 3. The summed E-state index contributed by atoms with van der Waals surface area (Å²) in [5.41, 5.74) is 0.424. The summed E-state index contributed by atoms with van der Waals surface area (Å²) < 4.78 is 44.8. The van der Waals surface area contributed by atoms with E-state index in [0.29, 0.717) is 33.2 Å². The standard InChI is InChI=1S/C19H19F3N4OS/c1-26-12-3-4-13(26)9-14(8-12)27-18-25-24-17(28-18)10-2-5-15-11(6-10)7-16(23-15)19(20,21)22/h2,5-7,12-14,23H,3-4,8-9H2,1H3. The lowest BCUT2D eigenvalue weighted by atomic mass is 10.0. The van der Waals surface area contributed by atoms with Crippen LogP contribution in [0.5, 0.6) is 5.19 Å². The molecule has 2 saturated heterocycles. The van der Waals surface area contributed by atoms with Crippen molar-refractivity contribution in [1.82, 2.24) is 20.1 Å². The zero-order chi connectivity index (χ0) is 19.5. The third-order valence-electron chi connectivity index (χ3n) is 5.90. The lowest BCUT2D eigenvalue weighted by Gasteiger charge is -2.35. The molecular formula is C19H19F3N4OS. The van der Waals surface area contributed by atoms with Crippen LogP contribution in [0.1, 0.15) is 31.4 Å². The molecule has 3 aromatic rings. The molecule has 0 spiro atoms. The van der Waals surface area contributed by atoms with Crippen LogP contribution in [0, 0.1) is 0 Å². The van der Waals surface area contributed by atoms with Crippen molar-refractivity contribution < 1.29 is 17.9 Å². The van der Waals surface area contributed by atoms with E-state index < -0.39 is 11.9 Å². The van der Waals surface area contributed by atoms with Crippen LogP contribution in [0.2, 0.25) is 0 Å². The van der Waals surface area contributed by atoms with Gasteiger partial charge >= 0.3 is 6.18 Å². The van der Waals surface area contributed by atoms with Gasteiger partial charge in [0, 0.05) is 28.6 Å². The van der Waals surface area contributed by atoms with E-state index in [0.717, 1.165) is 24.5 Å². The van der Waals surface area contributed by atoms with Crippen molar-refractivity contribution in [2.75, 3.05) is 7.05 Å². The first-order chi connectivity index (χ1) is 13.4. The third-order valence-corrected chi connectivity index (χ3v) is 6.77. The number of aromatic nitrogens is 3. The van der Waals surface area contributed by atoms with E-state index in [1.54, 1.807) is 18.2 Å². The third kappa shape index (κ3) is 3.16. The summed E-state index contributed by atoms with van der Waals surface area (Å²) in [5, 5.41) is 9.99. The number of H-pyrrole nitrogens is 1. The zero-order valence-corrected chi connectivity index (χ0v) is 16.0. The van der Waals surface area contributed by atoms with Crippen LogP contribution in [0.25, 0.3) is 21.5 Å². The van der Waals surface area contributed by atoms with Crippen molar-refractivity contribution in [3.8, 4) is 15.8 Å². The van der Waals surface area contributed by atoms with Gasteiger partial charge in [-0.2, -0.15) is 13.2 Å². The molecule has 0 saturated carbocycles. The van der Waals surface area contributed by atoms with Crippen LogP contribution < -0.4 is 4.74 Å². The Morgan fingerprint density at radius 3 is 2.61 bits per heavy atom. The summed E-state index contributed by atoms with van der Waals surface area (Å²) in [6, 6.07) is 7.35. The number of ether oxygens (including phenoxy) is 1. The molecule has 28 heavy (non-hydrogen) atoms. The molecule has 5 rings (SSSR count). The van der Waals surface area contributed by atoms with Gasteiger partial charge in [-0.15, -0.1) is 5.10 Å². The molecule has 0 amide bonds. The Labute approximate surface area is 163 Å². The number of hydrogen-bond acceptors (Lipinski definition) is 5. The minimum Gasteiger partial charge on any atom is -0.465 e. The van der Waals surface area contributed by atoms with Gasteiger partial charge < -0.3 is 14.6 Å². The van der Waals surface area contributed by atoms with Gasteiger partial charge in [0.1, 0.15) is 11.8 Å². The first kappa shape index (κ1) is 17.9. The molecule has 0 aliphatic carbocycles. The van der Waals surface area contributed by atoms with Gasteiger partial charge in [0.25, 0.3) is 5.19 Å². The number of halogens is 3. The topological polar surface area (TPSA) is 54.0 Å². The normalized spacial score (nSPS) is 25.5. The Morgan fingerprint density at radius 1 is 1.14 bits per heavy atom. The molecule has 148 valence electrons. The van der Waals surface area contributed by atoms with Gasteiger partial charge in [-0.25, -0.2) is 0 Å². The monoisotopic (exact) mass is 408 g/mol. The lowest BCUT2D eigenvalue weighted by Crippen LogP contribution is -2.43. The minimum atomic E-state index is -4.39. The Hall–Kier alpha value is -2.13. The molecule has 0 radical (unpaired) electrons. The highest BCUT2D eigenvalue weighted by Crippen LogP contribution is 2.38. The number of piperidine rings is 1. The molecule has 2 unspecified atom stereocenters. The quantitative estimate of drug-likeness (QED) is 0.682. The second-order valence-corrected chi connectivity index (χ2v) is 8.56. The average Bonchev–Trinajstić information content (AvgIpc) is 3.31. The fraction of sp³-hybridized carbons (Fsp3) is 0.474. The summed E-state index contributed by atoms with van der Waals surface area (Å²) >= 11 is 1.33. The zero-order valence-electron chi connectivity index (χ0n) is 15.2. The van der Waals surface area contributed by atoms with Crippen LogP contribution in [0.4, 0.5) is 13.2 Å². The molecule has 1 aromatic carbocycles. The second-order valence-electron chi connectivity index (χ2n) is 7.62. The van der Waals surface area contributed by atoms with E-state index in [2.05, 4.69) is 27.1 Å². The maximum Gasteiger partial charge on any atom is 0.431 e. The number of nitrogens with one attached hydrogen (secondary N) is 1. The van der Waals surface area contributed by atoms with Crippen molar-refractivity contribution in [1.29, 1.82) is 0 Å². The van der Waals surface area contributed by atoms with Crippen LogP contribution in [0.15, 0.2) is 24.3 Å². The first-order valence-electron chi connectivity index (χ1n) is 9.29. The summed E-state index contributed by atoms with van der Waals surface area (Å²) in [6.45, 7) is 0. The van der Waals surface area contributed by atoms with E-state index in [9.17, 15) is 13.2 Å². The highest BCUT2D eigenvalue weighted by Gasteiger charge is 2.39. The highest BCUT2D eigenvalue weighted by atomic mass is 32.1. The maximum absolute atomic E-state index is 12.9. The highest BCUT2D eigenvalue weighted by molar-refractivity contribution is 7.16. The van der Waals surface area contributed by atoms with Gasteiger partial charge in [-0.05, 0) is 57.0 Å². The Balaban J connectivity index is 1.34. The molecule has 2 aliphatic rings. The molecule has 5 nitrogen and oxygen atoms in total. The smallest absolute Gasteiger partial charge is 0.431 e. The number of benzene rings is 1. The largest absolute Gasteiger partial charge is 0.465 e. The average molecular weight is 408 g/mol. The molecule has 2 fully saturated rings. The Morgan fingerprint density at radius 2 is 1.89 bits per heavy atom. The Kier molecular flexibility index (Phi) is 4.13. The van der Waals surface area contributed by atoms with Gasteiger partial charge in [-0.3, -0.25) is 0 Å². The van der Waals surface area contributed by atoms with E-state index in [4.69, 9.17) is 4.74 Å². The molecule has 1 N–H and O–H groups in total. The number of nitrogens with zero attached hydrogens (tertiary/aromatic N) is 3. The predicted octanol–water partition coefficient (Wildman–Crippen LogP) is 4.71. The maximum atomic E-state index is 12.9. The Bertz CT molecular complexity index is 1000. The number of alkyl halides is 3. The fourth-order valence-electron chi connectivity index (χ4n) is 4.39. The van der Waals surface area contributed by atoms with Gasteiger partial charge in [0.05, 0.1) is 0 Å². The summed E-state index contributed by atoms with van der Waals surface area (Å²) in [7, 11) is 2.18. The van der Waals surface area contributed by atoms with E-state index in [-0.39, 0.29) is 6.10 Å². The van der Waals surface area contributed by atoms with Crippen molar-refractivity contribution in [2.24, 2.45) is 0 Å². The van der Waals surface area contributed by atoms with Crippen LogP contribution in [-0.2, 0) is 6.18 Å². The minimum absolute atomic E-state index is 0.149. The number of hydrogen-bond donors (Lipinski definition) is 1. The number of rotatable bonds is 3. The molecule has 9 heteroatoms. The molecular weight excluding hydrogens is 389 g/mol. The van der Waals surface area contributed by atoms with E-state index in [1.165, 1.54) is 24.2 Å². The molecule has 2 aromatic heterocycles. The SMILES string of the molecule is CN1C2CCC1CC(Oc1nnc(-c3ccc4[nH]c(C(F)(F)F)cc4c3)s1)C2. The van der Waals surface area contributed by atoms with Gasteiger partial charge in [0.15, 0.2) is 5.01 Å². The summed E-state index contributed by atoms with van der Waals surface area (Å²) in [4.78, 5) is 4.86. The van der Waals surface area contributed by atoms with Crippen LogP contribution >= 0.6 is 11.3 Å². The lowest BCUT2D eigenvalue weighted by molar-refractivity contribution is -0.140. The molecule has 4 heterocycles. The van der Waals surface area contributed by atoms with Crippen molar-refractivity contribution in [2.45, 2.75) is 50.0 Å². The van der Waals surface area contributed by atoms with Gasteiger partial charge in [-0.1, -0.05) is 16.4 Å². The first-order valence-corrected chi connectivity index (χ1v) is 10.1. The van der Waals surface area contributed by atoms with Crippen molar-refractivity contribution in [3.05, 3.63) is 30.0 Å². The van der Waals surface area contributed by atoms with Crippen LogP contribution in [-0.4, -0.2) is 45.3 Å². The predicted molar refractivity (Wildman–Crippen MR) is 100 cm³/mol. The van der Waals surface area contributed by atoms with Gasteiger partial charge in [0.2, 0.25) is 0 Å². The fourth-order valence-corrected chi connectivity index (χ4v) is 5.15. The molecule has 2 bridgehead atoms. The van der Waals surface area contributed by atoms with Crippen molar-refractivity contribution >= 4 is 22.2 Å². The van der Waals surface area contributed by atoms with E-state index in [1.807, 2.05) is 0 Å². The summed E-state index contributed by atoms with van der Waals surface area (Å²) in [6.07, 6.45) is 0.194. The second kappa shape index (κ2) is 6.45. The van der Waals surface area contributed by atoms with Crippen LogP contribution in [0.3, 0.4) is 0 Å². The van der Waals surface area contributed by atoms with E-state index >= 15 is 0 Å².